The zero-order chi connectivity index (χ0) is 16.7. The number of aromatic nitrogens is 5. The van der Waals surface area contributed by atoms with Gasteiger partial charge in [0.1, 0.15) is 11.6 Å². The second-order valence-corrected chi connectivity index (χ2v) is 6.82. The molecule has 1 aliphatic heterocycles. The minimum atomic E-state index is 0.0897. The van der Waals surface area contributed by atoms with Gasteiger partial charge in [0.05, 0.1) is 25.3 Å². The average molecular weight is 332 g/mol. The summed E-state index contributed by atoms with van der Waals surface area (Å²) in [6.07, 6.45) is 2.46. The van der Waals surface area contributed by atoms with Gasteiger partial charge < -0.3 is 9.26 Å². The molecule has 4 rings (SSSR count). The van der Waals surface area contributed by atoms with Crippen molar-refractivity contribution in [3.63, 3.8) is 0 Å². The van der Waals surface area contributed by atoms with Gasteiger partial charge in [-0.05, 0) is 33.6 Å². The minimum Gasteiger partial charge on any atom is -0.374 e. The van der Waals surface area contributed by atoms with Gasteiger partial charge in [0.15, 0.2) is 5.82 Å². The Morgan fingerprint density at radius 1 is 1.25 bits per heavy atom. The molecule has 8 heteroatoms. The van der Waals surface area contributed by atoms with Crippen LogP contribution in [0.1, 0.15) is 55.1 Å². The molecule has 2 aliphatic rings. The minimum absolute atomic E-state index is 0.0897. The highest BCUT2D eigenvalue weighted by Crippen LogP contribution is 2.38. The van der Waals surface area contributed by atoms with Crippen LogP contribution in [0.3, 0.4) is 0 Å². The lowest BCUT2D eigenvalue weighted by atomic mass is 10.2. The number of morpholine rings is 1. The van der Waals surface area contributed by atoms with Crippen molar-refractivity contribution in [2.45, 2.75) is 58.2 Å². The first-order valence-corrected chi connectivity index (χ1v) is 8.67. The van der Waals surface area contributed by atoms with Gasteiger partial charge in [0.2, 0.25) is 5.89 Å². The molecule has 0 spiro atoms. The summed E-state index contributed by atoms with van der Waals surface area (Å²) in [4.78, 5) is 11.3. The molecule has 1 aliphatic carbocycles. The first-order valence-electron chi connectivity index (χ1n) is 8.67. The highest BCUT2D eigenvalue weighted by molar-refractivity contribution is 5.05. The lowest BCUT2D eigenvalue weighted by Crippen LogP contribution is -2.45. The van der Waals surface area contributed by atoms with E-state index in [1.165, 1.54) is 12.8 Å². The van der Waals surface area contributed by atoms with Crippen molar-refractivity contribution >= 4 is 0 Å². The normalized spacial score (nSPS) is 23.5. The van der Waals surface area contributed by atoms with Crippen LogP contribution in [0.2, 0.25) is 0 Å². The van der Waals surface area contributed by atoms with Crippen molar-refractivity contribution in [1.82, 2.24) is 29.8 Å². The van der Waals surface area contributed by atoms with E-state index in [-0.39, 0.29) is 12.1 Å². The summed E-state index contributed by atoms with van der Waals surface area (Å²) in [5, 5.41) is 8.56. The Hall–Kier alpha value is -1.80. The quantitative estimate of drug-likeness (QED) is 0.822. The van der Waals surface area contributed by atoms with Crippen LogP contribution in [0.5, 0.6) is 0 Å². The second-order valence-electron chi connectivity index (χ2n) is 6.82. The fraction of sp³-hybridized carbons (Fsp3) is 0.750. The fourth-order valence-electron chi connectivity index (χ4n) is 3.21. The number of ether oxygens (including phenoxy) is 1. The van der Waals surface area contributed by atoms with E-state index in [1.807, 2.05) is 18.5 Å². The van der Waals surface area contributed by atoms with Crippen LogP contribution >= 0.6 is 0 Å². The van der Waals surface area contributed by atoms with E-state index in [0.29, 0.717) is 25.0 Å². The molecule has 1 saturated carbocycles. The molecule has 130 valence electrons. The summed E-state index contributed by atoms with van der Waals surface area (Å²) < 4.78 is 13.3. The Balaban J connectivity index is 1.40. The van der Waals surface area contributed by atoms with Crippen molar-refractivity contribution < 1.29 is 9.26 Å². The number of hydrogen-bond acceptors (Lipinski definition) is 7. The van der Waals surface area contributed by atoms with E-state index in [9.17, 15) is 0 Å². The predicted molar refractivity (Wildman–Crippen MR) is 85.5 cm³/mol. The molecule has 24 heavy (non-hydrogen) atoms. The summed E-state index contributed by atoms with van der Waals surface area (Å²) in [6, 6.07) is 0.106. The monoisotopic (exact) mass is 332 g/mol. The van der Waals surface area contributed by atoms with Crippen LogP contribution in [0.4, 0.5) is 0 Å². The standard InChI is InChI=1S/C16H24N6O2/c1-10(16-18-15(20-24-16)13-4-5-13)21-6-7-23-14(8-21)9-22-12(3)17-11(2)19-22/h10,13-14H,4-9H2,1-3H3/t10-,14-/m0/s1. The van der Waals surface area contributed by atoms with Crippen molar-refractivity contribution in [3.8, 4) is 0 Å². The molecule has 2 fully saturated rings. The van der Waals surface area contributed by atoms with Crippen LogP contribution in [-0.2, 0) is 11.3 Å². The average Bonchev–Trinajstić information content (AvgIpc) is 3.22. The van der Waals surface area contributed by atoms with Crippen molar-refractivity contribution in [3.05, 3.63) is 23.4 Å². The predicted octanol–water partition coefficient (Wildman–Crippen LogP) is 1.62. The molecule has 3 heterocycles. The van der Waals surface area contributed by atoms with Crippen molar-refractivity contribution in [2.24, 2.45) is 0 Å². The van der Waals surface area contributed by atoms with E-state index in [0.717, 1.165) is 30.6 Å². The zero-order valence-corrected chi connectivity index (χ0v) is 14.5. The Morgan fingerprint density at radius 3 is 2.79 bits per heavy atom. The van der Waals surface area contributed by atoms with Crippen LogP contribution < -0.4 is 0 Å². The van der Waals surface area contributed by atoms with E-state index in [2.05, 4.69) is 32.0 Å². The summed E-state index contributed by atoms with van der Waals surface area (Å²) in [5.41, 5.74) is 0. The zero-order valence-electron chi connectivity index (χ0n) is 14.5. The van der Waals surface area contributed by atoms with Gasteiger partial charge in [0, 0.05) is 19.0 Å². The number of rotatable bonds is 5. The van der Waals surface area contributed by atoms with Gasteiger partial charge in [-0.2, -0.15) is 10.1 Å². The van der Waals surface area contributed by atoms with E-state index < -0.39 is 0 Å². The lowest BCUT2D eigenvalue weighted by Gasteiger charge is -2.35. The van der Waals surface area contributed by atoms with Gasteiger partial charge in [-0.1, -0.05) is 5.16 Å². The lowest BCUT2D eigenvalue weighted by molar-refractivity contribution is -0.0535. The Morgan fingerprint density at radius 2 is 2.08 bits per heavy atom. The topological polar surface area (TPSA) is 82.1 Å². The van der Waals surface area contributed by atoms with Crippen molar-refractivity contribution in [2.75, 3.05) is 19.7 Å². The Bertz CT molecular complexity index is 707. The summed E-state index contributed by atoms with van der Waals surface area (Å²) >= 11 is 0. The van der Waals surface area contributed by atoms with Crippen LogP contribution in [0, 0.1) is 13.8 Å². The van der Waals surface area contributed by atoms with Gasteiger partial charge in [-0.15, -0.1) is 0 Å². The molecule has 0 bridgehead atoms. The molecular formula is C16H24N6O2. The molecule has 0 radical (unpaired) electrons. The highest BCUT2D eigenvalue weighted by atomic mass is 16.5. The van der Waals surface area contributed by atoms with Crippen LogP contribution in [-0.4, -0.2) is 55.6 Å². The first-order chi connectivity index (χ1) is 11.6. The fourth-order valence-corrected chi connectivity index (χ4v) is 3.21. The van der Waals surface area contributed by atoms with Crippen LogP contribution in [0.25, 0.3) is 0 Å². The largest absolute Gasteiger partial charge is 0.374 e. The molecule has 2 aromatic rings. The van der Waals surface area contributed by atoms with E-state index in [4.69, 9.17) is 9.26 Å². The summed E-state index contributed by atoms with van der Waals surface area (Å²) in [7, 11) is 0. The maximum absolute atomic E-state index is 5.92. The smallest absolute Gasteiger partial charge is 0.243 e. The maximum Gasteiger partial charge on any atom is 0.243 e. The summed E-state index contributed by atoms with van der Waals surface area (Å²) in [6.45, 7) is 9.11. The maximum atomic E-state index is 5.92. The molecule has 2 aromatic heterocycles. The Labute approximate surface area is 141 Å². The molecule has 0 unspecified atom stereocenters. The third kappa shape index (κ3) is 3.21. The van der Waals surface area contributed by atoms with Gasteiger partial charge >= 0.3 is 0 Å². The molecule has 0 aromatic carbocycles. The van der Waals surface area contributed by atoms with Crippen LogP contribution in [0.15, 0.2) is 4.52 Å². The van der Waals surface area contributed by atoms with E-state index in [1.54, 1.807) is 0 Å². The SMILES string of the molecule is Cc1nc(C)n(C[C@@H]2CN([C@@H](C)c3nc(C4CC4)no3)CCO2)n1. The first kappa shape index (κ1) is 15.7. The van der Waals surface area contributed by atoms with Gasteiger partial charge in [-0.3, -0.25) is 4.90 Å². The molecule has 0 N–H and O–H groups in total. The third-order valence-corrected chi connectivity index (χ3v) is 4.81. The van der Waals surface area contributed by atoms with E-state index >= 15 is 0 Å². The molecule has 8 nitrogen and oxygen atoms in total. The number of hydrogen-bond donors (Lipinski definition) is 0. The van der Waals surface area contributed by atoms with Gasteiger partial charge in [-0.25, -0.2) is 9.67 Å². The number of aryl methyl sites for hydroxylation is 2. The molecule has 1 saturated heterocycles. The molecular weight excluding hydrogens is 308 g/mol. The third-order valence-electron chi connectivity index (χ3n) is 4.81. The highest BCUT2D eigenvalue weighted by Gasteiger charge is 2.32. The summed E-state index contributed by atoms with van der Waals surface area (Å²) in [5.74, 6) is 3.82. The molecule has 0 amide bonds. The number of nitrogens with zero attached hydrogens (tertiary/aromatic N) is 6. The van der Waals surface area contributed by atoms with Crippen molar-refractivity contribution in [1.29, 1.82) is 0 Å². The van der Waals surface area contributed by atoms with Gasteiger partial charge in [0.25, 0.3) is 0 Å². The second kappa shape index (κ2) is 6.25. The molecule has 2 atom stereocenters. The Kier molecular flexibility index (Phi) is 4.09.